The van der Waals surface area contributed by atoms with Gasteiger partial charge in [-0.25, -0.2) is 0 Å². The lowest BCUT2D eigenvalue weighted by molar-refractivity contribution is -0.385. The summed E-state index contributed by atoms with van der Waals surface area (Å²) >= 11 is 3.76. The first kappa shape index (κ1) is 14.3. The van der Waals surface area contributed by atoms with Crippen molar-refractivity contribution < 1.29 is 4.92 Å². The van der Waals surface area contributed by atoms with Gasteiger partial charge < -0.3 is 4.90 Å². The molecule has 2 aromatic rings. The van der Waals surface area contributed by atoms with Crippen LogP contribution in [0.1, 0.15) is 4.88 Å². The molecule has 4 nitrogen and oxygen atoms in total. The molecule has 0 saturated carbocycles. The maximum Gasteiger partial charge on any atom is 0.282 e. The molecule has 100 valence electrons. The largest absolute Gasteiger partial charge is 0.374 e. The molecule has 0 aliphatic rings. The molecule has 0 saturated heterocycles. The van der Waals surface area contributed by atoms with E-state index in [0.29, 0.717) is 3.57 Å². The summed E-state index contributed by atoms with van der Waals surface area (Å²) < 4.78 is 0.670. The minimum absolute atomic E-state index is 0.163. The fourth-order valence-corrected chi connectivity index (χ4v) is 3.14. The summed E-state index contributed by atoms with van der Waals surface area (Å²) in [6.45, 7) is 0.897. The first-order valence-corrected chi connectivity index (χ1v) is 7.71. The highest BCUT2D eigenvalue weighted by Gasteiger charge is 2.13. The Morgan fingerprint density at radius 3 is 2.79 bits per heavy atom. The van der Waals surface area contributed by atoms with Crippen LogP contribution in [0.5, 0.6) is 0 Å². The number of nitro benzene ring substituents is 1. The molecule has 0 aliphatic carbocycles. The zero-order chi connectivity index (χ0) is 13.8. The molecular formula is C13H13IN2O2S. The van der Waals surface area contributed by atoms with Gasteiger partial charge >= 0.3 is 0 Å². The average Bonchev–Trinajstić information content (AvgIpc) is 2.88. The number of likely N-dealkylation sites (N-methyl/N-ethyl adjacent to an activating group) is 1. The van der Waals surface area contributed by atoms with Gasteiger partial charge in [-0.1, -0.05) is 6.07 Å². The van der Waals surface area contributed by atoms with Crippen LogP contribution in [0.15, 0.2) is 35.7 Å². The van der Waals surface area contributed by atoms with Crippen molar-refractivity contribution in [3.63, 3.8) is 0 Å². The molecule has 0 fully saturated rings. The molecule has 0 N–H and O–H groups in total. The minimum atomic E-state index is -0.350. The van der Waals surface area contributed by atoms with Gasteiger partial charge in [-0.2, -0.15) is 0 Å². The molecule has 0 spiro atoms. The Kier molecular flexibility index (Phi) is 4.76. The first-order valence-electron chi connectivity index (χ1n) is 5.75. The number of halogens is 1. The van der Waals surface area contributed by atoms with Gasteiger partial charge in [0.25, 0.3) is 5.69 Å². The van der Waals surface area contributed by atoms with Gasteiger partial charge in [-0.05, 0) is 52.6 Å². The van der Waals surface area contributed by atoms with E-state index in [0.717, 1.165) is 18.7 Å². The zero-order valence-corrected chi connectivity index (χ0v) is 13.3. The standard InChI is InChI=1S/C13H13IN2O2S/c1-15(7-6-11-3-2-8-19-11)10-4-5-13(16(17)18)12(14)9-10/h2-5,8-9H,6-7H2,1H3. The van der Waals surface area contributed by atoms with Gasteiger partial charge in [0.05, 0.1) is 8.49 Å². The van der Waals surface area contributed by atoms with Crippen LogP contribution in [-0.4, -0.2) is 18.5 Å². The van der Waals surface area contributed by atoms with E-state index >= 15 is 0 Å². The monoisotopic (exact) mass is 388 g/mol. The lowest BCUT2D eigenvalue weighted by Crippen LogP contribution is -2.20. The smallest absolute Gasteiger partial charge is 0.282 e. The minimum Gasteiger partial charge on any atom is -0.374 e. The Morgan fingerprint density at radius 1 is 1.42 bits per heavy atom. The van der Waals surface area contributed by atoms with E-state index in [2.05, 4.69) is 22.4 Å². The quantitative estimate of drug-likeness (QED) is 0.443. The predicted molar refractivity (Wildman–Crippen MR) is 87.1 cm³/mol. The number of hydrogen-bond acceptors (Lipinski definition) is 4. The van der Waals surface area contributed by atoms with Crippen molar-refractivity contribution in [1.29, 1.82) is 0 Å². The highest BCUT2D eigenvalue weighted by molar-refractivity contribution is 14.1. The van der Waals surface area contributed by atoms with E-state index in [1.54, 1.807) is 23.5 Å². The third-order valence-corrected chi connectivity index (χ3v) is 4.64. The number of benzene rings is 1. The SMILES string of the molecule is CN(CCc1cccs1)c1ccc([N+](=O)[O-])c(I)c1. The Bertz CT molecular complexity index is 572. The molecule has 1 aromatic heterocycles. The number of rotatable bonds is 5. The van der Waals surface area contributed by atoms with Gasteiger partial charge in [0.1, 0.15) is 0 Å². The summed E-state index contributed by atoms with van der Waals surface area (Å²) in [6.07, 6.45) is 0.988. The van der Waals surface area contributed by atoms with Crippen LogP contribution >= 0.6 is 33.9 Å². The molecule has 0 aliphatic heterocycles. The van der Waals surface area contributed by atoms with Gasteiger partial charge in [0.15, 0.2) is 0 Å². The van der Waals surface area contributed by atoms with Crippen molar-refractivity contribution in [3.05, 3.63) is 54.3 Å². The van der Waals surface area contributed by atoms with Gasteiger partial charge in [0, 0.05) is 30.2 Å². The predicted octanol–water partition coefficient (Wildman–Crippen LogP) is 3.94. The molecule has 0 radical (unpaired) electrons. The molecule has 19 heavy (non-hydrogen) atoms. The maximum atomic E-state index is 10.8. The van der Waals surface area contributed by atoms with E-state index in [1.807, 2.05) is 35.7 Å². The fraction of sp³-hybridized carbons (Fsp3) is 0.231. The molecule has 1 aromatic carbocycles. The Balaban J connectivity index is 2.05. The maximum absolute atomic E-state index is 10.8. The highest BCUT2D eigenvalue weighted by atomic mass is 127. The Labute approximate surface area is 129 Å². The number of hydrogen-bond donors (Lipinski definition) is 0. The highest BCUT2D eigenvalue weighted by Crippen LogP contribution is 2.26. The molecule has 0 unspecified atom stereocenters. The van der Waals surface area contributed by atoms with Crippen LogP contribution in [0.25, 0.3) is 0 Å². The summed E-state index contributed by atoms with van der Waals surface area (Å²) in [5.74, 6) is 0. The lowest BCUT2D eigenvalue weighted by Gasteiger charge is -2.19. The number of nitrogens with zero attached hydrogens (tertiary/aromatic N) is 2. The van der Waals surface area contributed by atoms with E-state index in [1.165, 1.54) is 4.88 Å². The van der Waals surface area contributed by atoms with E-state index < -0.39 is 0 Å². The van der Waals surface area contributed by atoms with Crippen LogP contribution < -0.4 is 4.90 Å². The average molecular weight is 388 g/mol. The van der Waals surface area contributed by atoms with Crippen LogP contribution in [-0.2, 0) is 6.42 Å². The summed E-state index contributed by atoms with van der Waals surface area (Å²) in [5.41, 5.74) is 1.17. The van der Waals surface area contributed by atoms with Gasteiger partial charge in [-0.15, -0.1) is 11.3 Å². The molecular weight excluding hydrogens is 375 g/mol. The van der Waals surface area contributed by atoms with Crippen LogP contribution in [0.3, 0.4) is 0 Å². The van der Waals surface area contributed by atoms with Crippen LogP contribution in [0.2, 0.25) is 0 Å². The van der Waals surface area contributed by atoms with E-state index in [9.17, 15) is 10.1 Å². The lowest BCUT2D eigenvalue weighted by atomic mass is 10.2. The second-order valence-corrected chi connectivity index (χ2v) is 6.34. The fourth-order valence-electron chi connectivity index (χ4n) is 1.74. The normalized spacial score (nSPS) is 10.4. The number of nitro groups is 1. The van der Waals surface area contributed by atoms with Gasteiger partial charge in [-0.3, -0.25) is 10.1 Å². The summed E-state index contributed by atoms with van der Waals surface area (Å²) in [6, 6.07) is 9.40. The summed E-state index contributed by atoms with van der Waals surface area (Å²) in [5, 5.41) is 12.8. The summed E-state index contributed by atoms with van der Waals surface area (Å²) in [7, 11) is 2.00. The first-order chi connectivity index (χ1) is 9.08. The van der Waals surface area contributed by atoms with Crippen molar-refractivity contribution in [1.82, 2.24) is 0 Å². The molecule has 0 bridgehead atoms. The molecule has 0 amide bonds. The number of anilines is 1. The van der Waals surface area contributed by atoms with Crippen LogP contribution in [0, 0.1) is 13.7 Å². The molecule has 1 heterocycles. The van der Waals surface area contributed by atoms with Crippen molar-refractivity contribution >= 4 is 45.3 Å². The Morgan fingerprint density at radius 2 is 2.21 bits per heavy atom. The molecule has 6 heteroatoms. The van der Waals surface area contributed by atoms with Crippen molar-refractivity contribution in [3.8, 4) is 0 Å². The zero-order valence-electron chi connectivity index (χ0n) is 10.4. The van der Waals surface area contributed by atoms with Gasteiger partial charge in [0.2, 0.25) is 0 Å². The van der Waals surface area contributed by atoms with Crippen molar-refractivity contribution in [2.75, 3.05) is 18.5 Å². The topological polar surface area (TPSA) is 46.4 Å². The van der Waals surface area contributed by atoms with Crippen molar-refractivity contribution in [2.45, 2.75) is 6.42 Å². The third-order valence-electron chi connectivity index (χ3n) is 2.84. The summed E-state index contributed by atoms with van der Waals surface area (Å²) in [4.78, 5) is 13.9. The van der Waals surface area contributed by atoms with Crippen molar-refractivity contribution in [2.24, 2.45) is 0 Å². The van der Waals surface area contributed by atoms with E-state index in [-0.39, 0.29) is 10.6 Å². The second kappa shape index (κ2) is 6.33. The van der Waals surface area contributed by atoms with Crippen LogP contribution in [0.4, 0.5) is 11.4 Å². The molecule has 0 atom stereocenters. The van der Waals surface area contributed by atoms with E-state index in [4.69, 9.17) is 0 Å². The molecule has 2 rings (SSSR count). The second-order valence-electron chi connectivity index (χ2n) is 4.14. The third kappa shape index (κ3) is 3.66. The number of thiophene rings is 1. The Hall–Kier alpha value is -1.15.